The van der Waals surface area contributed by atoms with Crippen molar-refractivity contribution < 1.29 is 31.9 Å². The monoisotopic (exact) mass is 509 g/mol. The first-order valence-corrected chi connectivity index (χ1v) is 13.4. The van der Waals surface area contributed by atoms with Crippen LogP contribution in [0.1, 0.15) is 41.6 Å². The van der Waals surface area contributed by atoms with E-state index >= 15 is 0 Å². The number of benzene rings is 3. The van der Waals surface area contributed by atoms with Crippen molar-refractivity contribution in [3.63, 3.8) is 0 Å². The van der Waals surface area contributed by atoms with Crippen LogP contribution in [0, 0.1) is 5.82 Å². The molecule has 0 saturated heterocycles. The van der Waals surface area contributed by atoms with Gasteiger partial charge in [0.2, 0.25) is 10.0 Å². The van der Waals surface area contributed by atoms with Crippen LogP contribution in [0.4, 0.5) is 10.1 Å². The summed E-state index contributed by atoms with van der Waals surface area (Å²) >= 11 is 0. The number of fused-ring (bicyclic) bond motifs is 1. The number of aromatic carboxylic acids is 1. The number of hydrogen-bond acceptors (Lipinski definition) is 5. The molecular formula is C27H24FNO6S. The Morgan fingerprint density at radius 1 is 1.08 bits per heavy atom. The van der Waals surface area contributed by atoms with Crippen molar-refractivity contribution in [2.24, 2.45) is 0 Å². The number of halogens is 1. The van der Waals surface area contributed by atoms with E-state index in [1.165, 1.54) is 28.6 Å². The Hall–Kier alpha value is -3.85. The largest absolute Gasteiger partial charge is 0.478 e. The number of ether oxygens (including phenoxy) is 1. The minimum atomic E-state index is -3.53. The molecule has 5 rings (SSSR count). The molecule has 1 N–H and O–H groups in total. The number of carbonyl (C=O) groups is 1. The van der Waals surface area contributed by atoms with Gasteiger partial charge >= 0.3 is 5.97 Å². The number of sulfonamides is 1. The molecule has 1 fully saturated rings. The van der Waals surface area contributed by atoms with Crippen LogP contribution in [-0.4, -0.2) is 32.3 Å². The standard InChI is InChI=1S/C27H24FNO6S/c1-3-29(36(2,32)33)23-15-24-22(14-21(23)16-4-5-16)25(27(30)31)26(35-24)17-6-10-19(11-7-17)34-20-12-8-18(28)9-13-20/h6-16H,3-5H2,1-2H3,(H,30,31). The van der Waals surface area contributed by atoms with Crippen LogP contribution < -0.4 is 9.04 Å². The van der Waals surface area contributed by atoms with Gasteiger partial charge in [0.1, 0.15) is 34.2 Å². The molecule has 0 aliphatic heterocycles. The maximum Gasteiger partial charge on any atom is 0.340 e. The number of carboxylic acids is 1. The summed E-state index contributed by atoms with van der Waals surface area (Å²) in [5.41, 5.74) is 2.19. The highest BCUT2D eigenvalue weighted by atomic mass is 32.2. The lowest BCUT2D eigenvalue weighted by Crippen LogP contribution is -2.30. The summed E-state index contributed by atoms with van der Waals surface area (Å²) in [7, 11) is -3.53. The Labute approximate surface area is 207 Å². The van der Waals surface area contributed by atoms with Crippen molar-refractivity contribution in [1.29, 1.82) is 0 Å². The molecule has 3 aromatic carbocycles. The molecule has 0 radical (unpaired) electrons. The second-order valence-electron chi connectivity index (χ2n) is 8.80. The fraction of sp³-hybridized carbons (Fsp3) is 0.222. The summed E-state index contributed by atoms with van der Waals surface area (Å²) in [6.45, 7) is 2.01. The van der Waals surface area contributed by atoms with Gasteiger partial charge in [0.25, 0.3) is 0 Å². The van der Waals surface area contributed by atoms with Crippen LogP contribution in [0.25, 0.3) is 22.3 Å². The molecule has 0 atom stereocenters. The van der Waals surface area contributed by atoms with Crippen molar-refractivity contribution in [2.75, 3.05) is 17.1 Å². The van der Waals surface area contributed by atoms with Crippen LogP contribution in [0.2, 0.25) is 0 Å². The highest BCUT2D eigenvalue weighted by Gasteiger charge is 2.32. The number of hydrogen-bond donors (Lipinski definition) is 1. The Balaban J connectivity index is 1.59. The lowest BCUT2D eigenvalue weighted by molar-refractivity contribution is 0.0699. The van der Waals surface area contributed by atoms with E-state index in [4.69, 9.17) is 9.15 Å². The first kappa shape index (κ1) is 23.9. The fourth-order valence-electron chi connectivity index (χ4n) is 4.40. The van der Waals surface area contributed by atoms with E-state index < -0.39 is 16.0 Å². The number of rotatable bonds is 8. The zero-order chi connectivity index (χ0) is 25.6. The molecule has 4 aromatic rings. The SMILES string of the molecule is CCN(c1cc2oc(-c3ccc(Oc4ccc(F)cc4)cc3)c(C(=O)O)c2cc1C1CC1)S(C)(=O)=O. The molecule has 0 bridgehead atoms. The molecule has 0 spiro atoms. The first-order chi connectivity index (χ1) is 17.2. The van der Waals surface area contributed by atoms with Crippen molar-refractivity contribution in [1.82, 2.24) is 0 Å². The Kier molecular flexibility index (Phi) is 5.96. The van der Waals surface area contributed by atoms with Gasteiger partial charge in [-0.1, -0.05) is 0 Å². The Morgan fingerprint density at radius 3 is 2.22 bits per heavy atom. The summed E-state index contributed by atoms with van der Waals surface area (Å²) in [5, 5.41) is 10.5. The van der Waals surface area contributed by atoms with Crippen LogP contribution in [0.15, 0.2) is 65.1 Å². The van der Waals surface area contributed by atoms with Gasteiger partial charge in [-0.3, -0.25) is 4.31 Å². The third-order valence-corrected chi connectivity index (χ3v) is 7.45. The van der Waals surface area contributed by atoms with E-state index in [1.54, 1.807) is 43.3 Å². The highest BCUT2D eigenvalue weighted by Crippen LogP contribution is 2.48. The molecule has 1 saturated carbocycles. The first-order valence-electron chi connectivity index (χ1n) is 11.5. The van der Waals surface area contributed by atoms with Crippen LogP contribution in [0.5, 0.6) is 11.5 Å². The summed E-state index contributed by atoms with van der Waals surface area (Å²) in [5.74, 6) is -0.195. The van der Waals surface area contributed by atoms with Crippen molar-refractivity contribution in [3.05, 3.63) is 77.6 Å². The highest BCUT2D eigenvalue weighted by molar-refractivity contribution is 7.92. The third-order valence-electron chi connectivity index (χ3n) is 6.19. The van der Waals surface area contributed by atoms with Crippen LogP contribution >= 0.6 is 0 Å². The van der Waals surface area contributed by atoms with Gasteiger partial charge in [-0.15, -0.1) is 0 Å². The van der Waals surface area contributed by atoms with Gasteiger partial charge in [0.05, 0.1) is 11.9 Å². The summed E-state index contributed by atoms with van der Waals surface area (Å²) in [6.07, 6.45) is 2.99. The second-order valence-corrected chi connectivity index (χ2v) is 10.7. The number of carboxylic acid groups (broad SMARTS) is 1. The summed E-state index contributed by atoms with van der Waals surface area (Å²) < 4.78 is 51.1. The molecule has 1 aliphatic rings. The van der Waals surface area contributed by atoms with Crippen molar-refractivity contribution in [3.8, 4) is 22.8 Å². The maximum absolute atomic E-state index is 13.1. The van der Waals surface area contributed by atoms with Crippen LogP contribution in [-0.2, 0) is 10.0 Å². The number of anilines is 1. The minimum Gasteiger partial charge on any atom is -0.478 e. The quantitative estimate of drug-likeness (QED) is 0.296. The fourth-order valence-corrected chi connectivity index (χ4v) is 5.38. The molecule has 1 heterocycles. The number of nitrogens with zero attached hydrogens (tertiary/aromatic N) is 1. The average molecular weight is 510 g/mol. The van der Waals surface area contributed by atoms with Crippen molar-refractivity contribution in [2.45, 2.75) is 25.7 Å². The minimum absolute atomic E-state index is 0.0213. The molecule has 7 nitrogen and oxygen atoms in total. The summed E-state index contributed by atoms with van der Waals surface area (Å²) in [4.78, 5) is 12.3. The van der Waals surface area contributed by atoms with Gasteiger partial charge in [-0.25, -0.2) is 17.6 Å². The van der Waals surface area contributed by atoms with E-state index in [9.17, 15) is 22.7 Å². The summed E-state index contributed by atoms with van der Waals surface area (Å²) in [6, 6.07) is 15.7. The Morgan fingerprint density at radius 2 is 1.69 bits per heavy atom. The van der Waals surface area contributed by atoms with E-state index in [2.05, 4.69) is 0 Å². The lowest BCUT2D eigenvalue weighted by Gasteiger charge is -2.23. The van der Waals surface area contributed by atoms with Crippen LogP contribution in [0.3, 0.4) is 0 Å². The zero-order valence-electron chi connectivity index (χ0n) is 19.7. The lowest BCUT2D eigenvalue weighted by atomic mass is 10.0. The molecule has 36 heavy (non-hydrogen) atoms. The Bertz CT molecular complexity index is 1550. The molecular weight excluding hydrogens is 485 g/mol. The third kappa shape index (κ3) is 4.54. The van der Waals surface area contributed by atoms with E-state index in [-0.39, 0.29) is 29.6 Å². The smallest absolute Gasteiger partial charge is 0.340 e. The topological polar surface area (TPSA) is 97.1 Å². The van der Waals surface area contributed by atoms with Gasteiger partial charge in [0.15, 0.2) is 0 Å². The van der Waals surface area contributed by atoms with Gasteiger partial charge < -0.3 is 14.3 Å². The normalized spacial score (nSPS) is 13.6. The van der Waals surface area contributed by atoms with E-state index in [0.29, 0.717) is 33.7 Å². The average Bonchev–Trinajstić information content (AvgIpc) is 3.60. The van der Waals surface area contributed by atoms with E-state index in [0.717, 1.165) is 24.7 Å². The second kappa shape index (κ2) is 8.98. The predicted molar refractivity (Wildman–Crippen MR) is 135 cm³/mol. The molecule has 1 aromatic heterocycles. The maximum atomic E-state index is 13.1. The van der Waals surface area contributed by atoms with Gasteiger partial charge in [-0.2, -0.15) is 0 Å². The molecule has 0 unspecified atom stereocenters. The van der Waals surface area contributed by atoms with Gasteiger partial charge in [-0.05, 0) is 85.8 Å². The molecule has 0 amide bonds. The molecule has 1 aliphatic carbocycles. The predicted octanol–water partition coefficient (Wildman–Crippen LogP) is 6.39. The van der Waals surface area contributed by atoms with E-state index in [1.807, 2.05) is 0 Å². The zero-order valence-corrected chi connectivity index (χ0v) is 20.5. The number of furan rings is 1. The van der Waals surface area contributed by atoms with Crippen molar-refractivity contribution >= 4 is 32.6 Å². The molecule has 9 heteroatoms. The van der Waals surface area contributed by atoms with Gasteiger partial charge in [0, 0.05) is 23.6 Å². The molecule has 186 valence electrons.